The minimum Gasteiger partial charge on any atom is -0.379 e. The summed E-state index contributed by atoms with van der Waals surface area (Å²) in [5, 5.41) is 6.73. The molecule has 0 radical (unpaired) electrons. The summed E-state index contributed by atoms with van der Waals surface area (Å²) in [7, 11) is 1.77. The summed E-state index contributed by atoms with van der Waals surface area (Å²) in [5.74, 6) is -0.354. The van der Waals surface area contributed by atoms with Gasteiger partial charge in [-0.15, -0.1) is 24.0 Å². The van der Waals surface area contributed by atoms with Crippen molar-refractivity contribution in [2.45, 2.75) is 6.42 Å². The number of hydrogen-bond donors (Lipinski definition) is 2. The van der Waals surface area contributed by atoms with Gasteiger partial charge in [0.25, 0.3) is 0 Å². The maximum atomic E-state index is 13.4. The number of ether oxygens (including phenoxy) is 1. The van der Waals surface area contributed by atoms with E-state index in [-0.39, 0.29) is 24.0 Å². The molecule has 0 amide bonds. The van der Waals surface area contributed by atoms with Crippen LogP contribution in [0.3, 0.4) is 0 Å². The highest BCUT2D eigenvalue weighted by Crippen LogP contribution is 2.24. The highest BCUT2D eigenvalue weighted by molar-refractivity contribution is 14.0. The van der Waals surface area contributed by atoms with Crippen LogP contribution in [0.1, 0.15) is 6.42 Å². The fourth-order valence-corrected chi connectivity index (χ4v) is 3.53. The Bertz CT molecular complexity index is 643. The van der Waals surface area contributed by atoms with E-state index in [2.05, 4.69) is 25.4 Å². The Labute approximate surface area is 182 Å². The highest BCUT2D eigenvalue weighted by Gasteiger charge is 2.23. The number of rotatable bonds is 6. The Morgan fingerprint density at radius 1 is 1.18 bits per heavy atom. The van der Waals surface area contributed by atoms with Crippen molar-refractivity contribution in [1.82, 2.24) is 15.5 Å². The van der Waals surface area contributed by atoms with Gasteiger partial charge in [-0.3, -0.25) is 9.89 Å². The summed E-state index contributed by atoms with van der Waals surface area (Å²) < 4.78 is 31.9. The molecule has 2 N–H and O–H groups in total. The second-order valence-corrected chi connectivity index (χ2v) is 7.03. The smallest absolute Gasteiger partial charge is 0.191 e. The topological polar surface area (TPSA) is 52.1 Å². The largest absolute Gasteiger partial charge is 0.379 e. The molecule has 1 unspecified atom stereocenters. The fourth-order valence-electron chi connectivity index (χ4n) is 3.53. The summed E-state index contributed by atoms with van der Waals surface area (Å²) in [4.78, 5) is 8.75. The first-order valence-corrected chi connectivity index (χ1v) is 9.60. The number of morpholine rings is 1. The molecule has 6 nitrogen and oxygen atoms in total. The lowest BCUT2D eigenvalue weighted by atomic mass is 10.1. The summed E-state index contributed by atoms with van der Waals surface area (Å²) in [6.45, 7) is 7.86. The quantitative estimate of drug-likeness (QED) is 0.349. The monoisotopic (exact) mass is 509 g/mol. The first-order valence-electron chi connectivity index (χ1n) is 9.60. The van der Waals surface area contributed by atoms with Gasteiger partial charge < -0.3 is 20.3 Å². The molecule has 1 aromatic rings. The molecule has 2 heterocycles. The molecule has 3 rings (SSSR count). The maximum Gasteiger partial charge on any atom is 0.191 e. The van der Waals surface area contributed by atoms with E-state index in [0.29, 0.717) is 5.92 Å². The Kier molecular flexibility index (Phi) is 9.66. The van der Waals surface area contributed by atoms with E-state index in [4.69, 9.17) is 4.74 Å². The van der Waals surface area contributed by atoms with Gasteiger partial charge in [-0.2, -0.15) is 0 Å². The van der Waals surface area contributed by atoms with Gasteiger partial charge in [-0.25, -0.2) is 8.78 Å². The summed E-state index contributed by atoms with van der Waals surface area (Å²) in [6, 6.07) is 4.11. The van der Waals surface area contributed by atoms with Crippen LogP contribution in [0.5, 0.6) is 0 Å². The third-order valence-corrected chi connectivity index (χ3v) is 5.16. The molecule has 0 saturated carbocycles. The van der Waals surface area contributed by atoms with E-state index in [0.717, 1.165) is 77.1 Å². The summed E-state index contributed by atoms with van der Waals surface area (Å²) in [5.41, 5.74) is 0.740. The molecule has 1 atom stereocenters. The van der Waals surface area contributed by atoms with Crippen LogP contribution < -0.4 is 15.5 Å². The number of anilines is 1. The van der Waals surface area contributed by atoms with Crippen molar-refractivity contribution in [1.29, 1.82) is 0 Å². The minimum atomic E-state index is -0.803. The maximum absolute atomic E-state index is 13.4. The van der Waals surface area contributed by atoms with Crippen LogP contribution in [0.15, 0.2) is 23.2 Å². The predicted octanol–water partition coefficient (Wildman–Crippen LogP) is 1.91. The molecule has 2 fully saturated rings. The average molecular weight is 509 g/mol. The Morgan fingerprint density at radius 2 is 1.96 bits per heavy atom. The number of hydrogen-bond acceptors (Lipinski definition) is 4. The Hall–Kier alpha value is -1.20. The molecule has 9 heteroatoms. The van der Waals surface area contributed by atoms with Crippen LogP contribution in [0.4, 0.5) is 14.5 Å². The van der Waals surface area contributed by atoms with Crippen molar-refractivity contribution >= 4 is 35.6 Å². The van der Waals surface area contributed by atoms with E-state index < -0.39 is 11.6 Å². The van der Waals surface area contributed by atoms with Gasteiger partial charge in [-0.1, -0.05) is 0 Å². The number of guanidine groups is 1. The van der Waals surface area contributed by atoms with Crippen LogP contribution in [-0.4, -0.2) is 76.9 Å². The first-order chi connectivity index (χ1) is 13.2. The zero-order chi connectivity index (χ0) is 19.1. The van der Waals surface area contributed by atoms with Crippen molar-refractivity contribution in [3.05, 3.63) is 29.8 Å². The molecule has 0 aliphatic carbocycles. The lowest BCUT2D eigenvalue weighted by Crippen LogP contribution is -2.45. The SMILES string of the molecule is CN=C(NCCN1CCOCC1)NCC1CCN(c2ccc(F)c(F)c2)C1.I. The van der Waals surface area contributed by atoms with Crippen molar-refractivity contribution in [3.63, 3.8) is 0 Å². The van der Waals surface area contributed by atoms with E-state index >= 15 is 0 Å². The summed E-state index contributed by atoms with van der Waals surface area (Å²) in [6.07, 6.45) is 1.01. The Morgan fingerprint density at radius 3 is 2.68 bits per heavy atom. The van der Waals surface area contributed by atoms with E-state index in [9.17, 15) is 8.78 Å². The lowest BCUT2D eigenvalue weighted by Gasteiger charge is -2.26. The first kappa shape index (κ1) is 23.1. The molecule has 2 aliphatic rings. The van der Waals surface area contributed by atoms with Crippen molar-refractivity contribution in [2.75, 3.05) is 71.0 Å². The van der Waals surface area contributed by atoms with Gasteiger partial charge in [0.2, 0.25) is 0 Å². The number of benzene rings is 1. The zero-order valence-electron chi connectivity index (χ0n) is 16.3. The standard InChI is InChI=1S/C19H29F2N5O.HI/c1-22-19(23-5-7-25-8-10-27-11-9-25)24-13-15-4-6-26(14-15)16-2-3-17(20)18(21)12-16;/h2-3,12,15H,4-11,13-14H2,1H3,(H2,22,23,24);1H. The van der Waals surface area contributed by atoms with Gasteiger partial charge in [0.1, 0.15) is 0 Å². The van der Waals surface area contributed by atoms with Gasteiger partial charge in [0.05, 0.1) is 13.2 Å². The predicted molar refractivity (Wildman–Crippen MR) is 119 cm³/mol. The second kappa shape index (κ2) is 11.7. The molecule has 0 bridgehead atoms. The van der Waals surface area contributed by atoms with E-state index in [1.807, 2.05) is 0 Å². The third-order valence-electron chi connectivity index (χ3n) is 5.16. The normalized spacial score (nSPS) is 20.8. The van der Waals surface area contributed by atoms with E-state index in [1.165, 1.54) is 12.1 Å². The summed E-state index contributed by atoms with van der Waals surface area (Å²) >= 11 is 0. The lowest BCUT2D eigenvalue weighted by molar-refractivity contribution is 0.0389. The van der Waals surface area contributed by atoms with Crippen LogP contribution >= 0.6 is 24.0 Å². The van der Waals surface area contributed by atoms with Gasteiger partial charge >= 0.3 is 0 Å². The fraction of sp³-hybridized carbons (Fsp3) is 0.632. The number of nitrogens with one attached hydrogen (secondary N) is 2. The van der Waals surface area contributed by atoms with Crippen LogP contribution in [0.25, 0.3) is 0 Å². The molecule has 0 spiro atoms. The van der Waals surface area contributed by atoms with Crippen molar-refractivity contribution in [3.8, 4) is 0 Å². The van der Waals surface area contributed by atoms with Crippen LogP contribution in [-0.2, 0) is 4.74 Å². The molecular weight excluding hydrogens is 479 g/mol. The molecule has 0 aromatic heterocycles. The molecular formula is C19H30F2IN5O. The molecule has 2 aliphatic heterocycles. The van der Waals surface area contributed by atoms with E-state index in [1.54, 1.807) is 13.1 Å². The minimum absolute atomic E-state index is 0. The number of aliphatic imine (C=N–C) groups is 1. The molecule has 28 heavy (non-hydrogen) atoms. The Balaban J connectivity index is 0.00000280. The molecule has 2 saturated heterocycles. The average Bonchev–Trinajstić information content (AvgIpc) is 3.16. The van der Waals surface area contributed by atoms with Crippen molar-refractivity contribution < 1.29 is 13.5 Å². The number of halogens is 3. The van der Waals surface area contributed by atoms with Gasteiger partial charge in [0.15, 0.2) is 17.6 Å². The van der Waals surface area contributed by atoms with Crippen molar-refractivity contribution in [2.24, 2.45) is 10.9 Å². The van der Waals surface area contributed by atoms with Gasteiger partial charge in [-0.05, 0) is 24.5 Å². The second-order valence-electron chi connectivity index (χ2n) is 7.03. The zero-order valence-corrected chi connectivity index (χ0v) is 18.6. The molecule has 1 aromatic carbocycles. The van der Waals surface area contributed by atoms with Gasteiger partial charge in [0, 0.05) is 64.6 Å². The third kappa shape index (κ3) is 6.70. The highest BCUT2D eigenvalue weighted by atomic mass is 127. The number of nitrogens with zero attached hydrogens (tertiary/aromatic N) is 3. The molecule has 158 valence electrons. The van der Waals surface area contributed by atoms with Crippen LogP contribution in [0, 0.1) is 17.6 Å². The van der Waals surface area contributed by atoms with Crippen LogP contribution in [0.2, 0.25) is 0 Å².